The number of rotatable bonds is 6. The van der Waals surface area contributed by atoms with Crippen molar-refractivity contribution >= 4 is 0 Å². The minimum Gasteiger partial charge on any atom is -0.317 e. The molecule has 0 aliphatic carbocycles. The van der Waals surface area contributed by atoms with Crippen LogP contribution in [0.4, 0.5) is 0 Å². The van der Waals surface area contributed by atoms with Crippen LogP contribution in [-0.4, -0.2) is 37.1 Å². The van der Waals surface area contributed by atoms with E-state index in [4.69, 9.17) is 0 Å². The highest BCUT2D eigenvalue weighted by Crippen LogP contribution is 2.23. The third-order valence-corrected chi connectivity index (χ3v) is 3.69. The van der Waals surface area contributed by atoms with Crippen molar-refractivity contribution in [3.05, 3.63) is 0 Å². The first-order chi connectivity index (χ1) is 7.63. The van der Waals surface area contributed by atoms with Crippen molar-refractivity contribution in [2.24, 2.45) is 11.8 Å². The standard InChI is InChI=1S/C14H30N2/c1-5-7-15-8-6-14(4)16-10-12(2)9-13(3)11-16/h12-15H,5-11H2,1-4H3. The van der Waals surface area contributed by atoms with Gasteiger partial charge in [-0.05, 0) is 51.1 Å². The first kappa shape index (κ1) is 14.0. The van der Waals surface area contributed by atoms with Crippen molar-refractivity contribution in [2.75, 3.05) is 26.2 Å². The summed E-state index contributed by atoms with van der Waals surface area (Å²) in [6.07, 6.45) is 3.95. The van der Waals surface area contributed by atoms with Gasteiger partial charge in [-0.1, -0.05) is 20.8 Å². The van der Waals surface area contributed by atoms with Crippen molar-refractivity contribution in [1.82, 2.24) is 10.2 Å². The zero-order valence-electron chi connectivity index (χ0n) is 11.6. The second kappa shape index (κ2) is 7.29. The number of nitrogens with one attached hydrogen (secondary N) is 1. The molecule has 0 radical (unpaired) electrons. The maximum atomic E-state index is 3.50. The molecule has 3 atom stereocenters. The highest BCUT2D eigenvalue weighted by atomic mass is 15.2. The predicted octanol–water partition coefficient (Wildman–Crippen LogP) is 2.74. The van der Waals surface area contributed by atoms with Crippen LogP contribution >= 0.6 is 0 Å². The molecule has 1 aliphatic heterocycles. The van der Waals surface area contributed by atoms with Gasteiger partial charge in [0.05, 0.1) is 0 Å². The Morgan fingerprint density at radius 2 is 1.81 bits per heavy atom. The Morgan fingerprint density at radius 1 is 1.19 bits per heavy atom. The number of nitrogens with zero attached hydrogens (tertiary/aromatic N) is 1. The molecule has 1 saturated heterocycles. The molecule has 0 amide bonds. The van der Waals surface area contributed by atoms with Crippen LogP contribution in [0.25, 0.3) is 0 Å². The Kier molecular flexibility index (Phi) is 6.37. The van der Waals surface area contributed by atoms with Gasteiger partial charge in [0.1, 0.15) is 0 Å². The molecule has 1 aliphatic rings. The normalized spacial score (nSPS) is 29.2. The SMILES string of the molecule is CCCNCCC(C)N1CC(C)CC(C)C1. The lowest BCUT2D eigenvalue weighted by Crippen LogP contribution is -2.44. The number of piperidine rings is 1. The minimum atomic E-state index is 0.745. The molecule has 2 nitrogen and oxygen atoms in total. The molecule has 96 valence electrons. The van der Waals surface area contributed by atoms with Gasteiger partial charge in [-0.15, -0.1) is 0 Å². The summed E-state index contributed by atoms with van der Waals surface area (Å²) in [5.74, 6) is 1.77. The Hall–Kier alpha value is -0.0800. The first-order valence-corrected chi connectivity index (χ1v) is 7.08. The van der Waals surface area contributed by atoms with Crippen LogP contribution in [0.3, 0.4) is 0 Å². The molecule has 3 unspecified atom stereocenters. The monoisotopic (exact) mass is 226 g/mol. The summed E-state index contributed by atoms with van der Waals surface area (Å²) in [6.45, 7) is 14.4. The summed E-state index contributed by atoms with van der Waals surface area (Å²) in [5.41, 5.74) is 0. The average molecular weight is 226 g/mol. The van der Waals surface area contributed by atoms with Crippen molar-refractivity contribution in [1.29, 1.82) is 0 Å². The molecule has 0 aromatic heterocycles. The fourth-order valence-corrected chi connectivity index (χ4v) is 2.87. The van der Waals surface area contributed by atoms with Gasteiger partial charge >= 0.3 is 0 Å². The van der Waals surface area contributed by atoms with Crippen LogP contribution in [0.15, 0.2) is 0 Å². The van der Waals surface area contributed by atoms with E-state index in [1.54, 1.807) is 0 Å². The molecule has 16 heavy (non-hydrogen) atoms. The van der Waals surface area contributed by atoms with Gasteiger partial charge in [-0.3, -0.25) is 0 Å². The molecule has 0 aromatic rings. The van der Waals surface area contributed by atoms with E-state index < -0.39 is 0 Å². The molecule has 0 saturated carbocycles. The smallest absolute Gasteiger partial charge is 0.00792 e. The van der Waals surface area contributed by atoms with Gasteiger partial charge in [0, 0.05) is 19.1 Å². The van der Waals surface area contributed by atoms with Crippen LogP contribution in [0.1, 0.15) is 47.0 Å². The average Bonchev–Trinajstić information content (AvgIpc) is 2.22. The van der Waals surface area contributed by atoms with E-state index in [2.05, 4.69) is 37.9 Å². The molecule has 0 spiro atoms. The van der Waals surface area contributed by atoms with E-state index in [1.807, 2.05) is 0 Å². The lowest BCUT2D eigenvalue weighted by Gasteiger charge is -2.39. The van der Waals surface area contributed by atoms with E-state index in [0.29, 0.717) is 0 Å². The van der Waals surface area contributed by atoms with Gasteiger partial charge in [0.25, 0.3) is 0 Å². The summed E-state index contributed by atoms with van der Waals surface area (Å²) in [4.78, 5) is 2.69. The Labute approximate surface area is 102 Å². The van der Waals surface area contributed by atoms with E-state index >= 15 is 0 Å². The van der Waals surface area contributed by atoms with Crippen LogP contribution in [0.5, 0.6) is 0 Å². The van der Waals surface area contributed by atoms with Crippen LogP contribution < -0.4 is 5.32 Å². The Balaban J connectivity index is 2.21. The van der Waals surface area contributed by atoms with Crippen LogP contribution in [-0.2, 0) is 0 Å². The highest BCUT2D eigenvalue weighted by Gasteiger charge is 2.24. The van der Waals surface area contributed by atoms with Crippen molar-refractivity contribution in [3.63, 3.8) is 0 Å². The summed E-state index contributed by atoms with van der Waals surface area (Å²) >= 11 is 0. The third-order valence-electron chi connectivity index (χ3n) is 3.69. The molecule has 2 heteroatoms. The predicted molar refractivity (Wildman–Crippen MR) is 71.8 cm³/mol. The lowest BCUT2D eigenvalue weighted by molar-refractivity contribution is 0.0988. The molecule has 1 rings (SSSR count). The maximum absolute atomic E-state index is 3.50. The van der Waals surface area contributed by atoms with Crippen molar-refractivity contribution < 1.29 is 0 Å². The number of likely N-dealkylation sites (tertiary alicyclic amines) is 1. The zero-order valence-corrected chi connectivity index (χ0v) is 11.6. The summed E-state index contributed by atoms with van der Waals surface area (Å²) < 4.78 is 0. The fraction of sp³-hybridized carbons (Fsp3) is 1.00. The quantitative estimate of drug-likeness (QED) is 0.701. The minimum absolute atomic E-state index is 0.745. The Bertz CT molecular complexity index is 172. The molecular weight excluding hydrogens is 196 g/mol. The van der Waals surface area contributed by atoms with E-state index in [9.17, 15) is 0 Å². The van der Waals surface area contributed by atoms with Crippen LogP contribution in [0, 0.1) is 11.8 Å². The van der Waals surface area contributed by atoms with Crippen molar-refractivity contribution in [3.8, 4) is 0 Å². The second-order valence-corrected chi connectivity index (χ2v) is 5.79. The summed E-state index contributed by atoms with van der Waals surface area (Å²) in [6, 6.07) is 0.745. The van der Waals surface area contributed by atoms with Gasteiger partial charge in [-0.2, -0.15) is 0 Å². The van der Waals surface area contributed by atoms with Gasteiger partial charge in [-0.25, -0.2) is 0 Å². The van der Waals surface area contributed by atoms with E-state index in [0.717, 1.165) is 17.9 Å². The van der Waals surface area contributed by atoms with Gasteiger partial charge < -0.3 is 10.2 Å². The van der Waals surface area contributed by atoms with Gasteiger partial charge in [0.2, 0.25) is 0 Å². The molecule has 0 aromatic carbocycles. The Morgan fingerprint density at radius 3 is 2.38 bits per heavy atom. The van der Waals surface area contributed by atoms with Crippen LogP contribution in [0.2, 0.25) is 0 Å². The molecular formula is C14H30N2. The summed E-state index contributed by atoms with van der Waals surface area (Å²) in [5, 5.41) is 3.50. The zero-order chi connectivity index (χ0) is 12.0. The first-order valence-electron chi connectivity index (χ1n) is 7.08. The van der Waals surface area contributed by atoms with Gasteiger partial charge in [0.15, 0.2) is 0 Å². The molecule has 1 fully saturated rings. The lowest BCUT2D eigenvalue weighted by atomic mass is 9.90. The fourth-order valence-electron chi connectivity index (χ4n) is 2.87. The molecule has 1 heterocycles. The topological polar surface area (TPSA) is 15.3 Å². The number of hydrogen-bond acceptors (Lipinski definition) is 2. The number of hydrogen-bond donors (Lipinski definition) is 1. The summed E-state index contributed by atoms with van der Waals surface area (Å²) in [7, 11) is 0. The highest BCUT2D eigenvalue weighted by molar-refractivity contribution is 4.78. The van der Waals surface area contributed by atoms with Crippen molar-refractivity contribution in [2.45, 2.75) is 53.0 Å². The molecule has 0 bridgehead atoms. The molecule has 1 N–H and O–H groups in total. The second-order valence-electron chi connectivity index (χ2n) is 5.79. The largest absolute Gasteiger partial charge is 0.317 e. The van der Waals surface area contributed by atoms with E-state index in [1.165, 1.54) is 45.4 Å². The van der Waals surface area contributed by atoms with E-state index in [-0.39, 0.29) is 0 Å². The third kappa shape index (κ3) is 4.84. The maximum Gasteiger partial charge on any atom is 0.00792 e.